The van der Waals surface area contributed by atoms with Crippen LogP contribution in [0.4, 0.5) is 10.1 Å². The van der Waals surface area contributed by atoms with Crippen LogP contribution in [0.3, 0.4) is 0 Å². The van der Waals surface area contributed by atoms with E-state index in [1.165, 1.54) is 25.0 Å². The monoisotopic (exact) mass is 611 g/mol. The maximum Gasteiger partial charge on any atom is 0.335 e. The molecule has 0 amide bonds. The second-order valence-electron chi connectivity index (χ2n) is 10.4. The minimum Gasteiger partial charge on any atom is -0.493 e. The number of hydrogen-bond donors (Lipinski definition) is 3. The zero-order valence-electron chi connectivity index (χ0n) is 24.3. The SMILES string of the molecule is COc1cc2c(Oc3ccc(N=Cc4c(O)n(-c5ccccc5)c(=O)[nH]c4=O)cc3F)ccnc2cc1OCCCNC1CC1. The number of halogens is 1. The van der Waals surface area contributed by atoms with E-state index in [2.05, 4.69) is 20.3 Å². The molecule has 3 aromatic carbocycles. The number of aromatic hydroxyl groups is 1. The van der Waals surface area contributed by atoms with Crippen molar-refractivity contribution in [3.8, 4) is 34.6 Å². The van der Waals surface area contributed by atoms with E-state index < -0.39 is 22.9 Å². The summed E-state index contributed by atoms with van der Waals surface area (Å²) in [5.41, 5.74) is -0.840. The summed E-state index contributed by atoms with van der Waals surface area (Å²) in [5.74, 6) is 0.0264. The highest BCUT2D eigenvalue weighted by Crippen LogP contribution is 2.38. The van der Waals surface area contributed by atoms with E-state index in [4.69, 9.17) is 14.2 Å². The summed E-state index contributed by atoms with van der Waals surface area (Å²) in [4.78, 5) is 35.5. The van der Waals surface area contributed by atoms with Crippen LogP contribution < -0.4 is 30.8 Å². The topological polar surface area (TPSA) is 140 Å². The highest BCUT2D eigenvalue weighted by Gasteiger charge is 2.20. The Bertz CT molecular complexity index is 1990. The summed E-state index contributed by atoms with van der Waals surface area (Å²) in [6, 6.07) is 18.1. The van der Waals surface area contributed by atoms with Crippen LogP contribution in [0.25, 0.3) is 16.6 Å². The lowest BCUT2D eigenvalue weighted by Gasteiger charge is -2.14. The minimum atomic E-state index is -0.840. The number of hydrogen-bond acceptors (Lipinski definition) is 9. The lowest BCUT2D eigenvalue weighted by Crippen LogP contribution is -2.31. The standard InChI is InChI=1S/C33H30FN5O6/c1-43-29-17-23-26(18-30(29)44-15-5-13-35-20-8-9-20)36-14-12-27(23)45-28-11-10-21(16-25(28)34)37-19-24-31(40)38-33(42)39(32(24)41)22-6-3-2-4-7-22/h2-4,6-7,10-12,14,16-20,35,41H,5,8-9,13,15H2,1H3,(H,38,40,42). The molecule has 0 unspecified atom stereocenters. The highest BCUT2D eigenvalue weighted by atomic mass is 19.1. The van der Waals surface area contributed by atoms with Gasteiger partial charge in [-0.2, -0.15) is 0 Å². The maximum atomic E-state index is 15.2. The normalized spacial score (nSPS) is 12.9. The number of nitrogens with zero attached hydrogens (tertiary/aromatic N) is 3. The number of aromatic nitrogens is 3. The number of H-pyrrole nitrogens is 1. The summed E-state index contributed by atoms with van der Waals surface area (Å²) in [7, 11) is 1.54. The fourth-order valence-corrected chi connectivity index (χ4v) is 4.72. The van der Waals surface area contributed by atoms with Crippen molar-refractivity contribution in [1.29, 1.82) is 0 Å². The van der Waals surface area contributed by atoms with E-state index in [0.717, 1.165) is 29.8 Å². The van der Waals surface area contributed by atoms with E-state index in [1.807, 2.05) is 0 Å². The number of pyridine rings is 1. The fourth-order valence-electron chi connectivity index (χ4n) is 4.72. The molecule has 45 heavy (non-hydrogen) atoms. The Morgan fingerprint density at radius 1 is 1.07 bits per heavy atom. The van der Waals surface area contributed by atoms with Crippen LogP contribution in [0, 0.1) is 5.82 Å². The number of benzene rings is 3. The number of fused-ring (bicyclic) bond motifs is 1. The molecule has 0 radical (unpaired) electrons. The fraction of sp³-hybridized carbons (Fsp3) is 0.212. The Kier molecular flexibility index (Phi) is 8.56. The van der Waals surface area contributed by atoms with Gasteiger partial charge in [0.25, 0.3) is 5.56 Å². The van der Waals surface area contributed by atoms with Crippen molar-refractivity contribution in [3.63, 3.8) is 0 Å². The van der Waals surface area contributed by atoms with Crippen LogP contribution in [0.2, 0.25) is 0 Å². The summed E-state index contributed by atoms with van der Waals surface area (Å²) in [6.07, 6.45) is 5.95. The molecule has 2 aromatic heterocycles. The zero-order valence-corrected chi connectivity index (χ0v) is 24.3. The van der Waals surface area contributed by atoms with Gasteiger partial charge in [-0.1, -0.05) is 18.2 Å². The number of aliphatic imine (C=N–C) groups is 1. The Labute approximate surface area is 256 Å². The smallest absolute Gasteiger partial charge is 0.335 e. The zero-order chi connectivity index (χ0) is 31.3. The Morgan fingerprint density at radius 3 is 2.64 bits per heavy atom. The van der Waals surface area contributed by atoms with Crippen LogP contribution in [-0.4, -0.2) is 52.2 Å². The third kappa shape index (κ3) is 6.70. The van der Waals surface area contributed by atoms with Crippen molar-refractivity contribution < 1.29 is 23.7 Å². The summed E-state index contributed by atoms with van der Waals surface area (Å²) >= 11 is 0. The van der Waals surface area contributed by atoms with Gasteiger partial charge in [0.15, 0.2) is 23.1 Å². The van der Waals surface area contributed by atoms with E-state index >= 15 is 4.39 Å². The Hall–Kier alpha value is -5.49. The van der Waals surface area contributed by atoms with Crippen molar-refractivity contribution in [2.24, 2.45) is 4.99 Å². The predicted octanol–water partition coefficient (Wildman–Crippen LogP) is 4.99. The average molecular weight is 612 g/mol. The van der Waals surface area contributed by atoms with Crippen LogP contribution in [-0.2, 0) is 0 Å². The van der Waals surface area contributed by atoms with Crippen molar-refractivity contribution in [2.75, 3.05) is 20.3 Å². The molecular formula is C33H30FN5O6. The molecule has 12 heteroatoms. The minimum absolute atomic E-state index is 0.0674. The highest BCUT2D eigenvalue weighted by molar-refractivity contribution is 5.88. The molecule has 0 aliphatic heterocycles. The van der Waals surface area contributed by atoms with Crippen molar-refractivity contribution in [1.82, 2.24) is 19.9 Å². The molecule has 0 spiro atoms. The van der Waals surface area contributed by atoms with Gasteiger partial charge in [-0.15, -0.1) is 0 Å². The van der Waals surface area contributed by atoms with Crippen LogP contribution in [0.1, 0.15) is 24.8 Å². The van der Waals surface area contributed by atoms with Crippen LogP contribution in [0.5, 0.6) is 28.9 Å². The molecule has 11 nitrogen and oxygen atoms in total. The summed E-state index contributed by atoms with van der Waals surface area (Å²) in [5, 5.41) is 14.8. The molecule has 0 atom stereocenters. The molecule has 0 bridgehead atoms. The average Bonchev–Trinajstić information content (AvgIpc) is 3.86. The van der Waals surface area contributed by atoms with Gasteiger partial charge in [-0.05, 0) is 62.2 Å². The molecule has 1 aliphatic rings. The Balaban J connectivity index is 1.20. The third-order valence-corrected chi connectivity index (χ3v) is 7.19. The number of methoxy groups -OCH3 is 1. The molecule has 5 aromatic rings. The van der Waals surface area contributed by atoms with Crippen molar-refractivity contribution >= 4 is 22.8 Å². The van der Waals surface area contributed by atoms with Gasteiger partial charge in [0.05, 0.1) is 30.6 Å². The quantitative estimate of drug-likeness (QED) is 0.132. The second kappa shape index (κ2) is 13.0. The van der Waals surface area contributed by atoms with Crippen molar-refractivity contribution in [2.45, 2.75) is 25.3 Å². The number of aromatic amines is 1. The molecule has 1 aliphatic carbocycles. The van der Waals surface area contributed by atoms with Gasteiger partial charge in [-0.25, -0.2) is 13.8 Å². The summed E-state index contributed by atoms with van der Waals surface area (Å²) < 4.78 is 33.6. The lowest BCUT2D eigenvalue weighted by molar-refractivity contribution is 0.288. The van der Waals surface area contributed by atoms with Gasteiger partial charge in [0.1, 0.15) is 11.3 Å². The summed E-state index contributed by atoms with van der Waals surface area (Å²) in [6.45, 7) is 1.40. The number of ether oxygens (including phenoxy) is 3. The number of para-hydroxylation sites is 1. The van der Waals surface area contributed by atoms with Crippen molar-refractivity contribution in [3.05, 3.63) is 105 Å². The molecular weight excluding hydrogens is 581 g/mol. The first-order valence-electron chi connectivity index (χ1n) is 14.4. The van der Waals surface area contributed by atoms with Gasteiger partial charge >= 0.3 is 5.69 Å². The molecule has 6 rings (SSSR count). The van der Waals surface area contributed by atoms with Gasteiger partial charge in [-0.3, -0.25) is 19.8 Å². The van der Waals surface area contributed by atoms with Gasteiger partial charge in [0.2, 0.25) is 5.88 Å². The van der Waals surface area contributed by atoms with Crippen LogP contribution in [0.15, 0.2) is 87.5 Å². The maximum absolute atomic E-state index is 15.2. The molecule has 2 heterocycles. The molecule has 230 valence electrons. The number of nitrogens with one attached hydrogen (secondary N) is 2. The number of rotatable bonds is 12. The lowest BCUT2D eigenvalue weighted by atomic mass is 10.1. The van der Waals surface area contributed by atoms with E-state index in [9.17, 15) is 14.7 Å². The molecule has 1 fully saturated rings. The van der Waals surface area contributed by atoms with E-state index in [1.54, 1.807) is 61.8 Å². The first kappa shape index (κ1) is 29.6. The second-order valence-corrected chi connectivity index (χ2v) is 10.4. The predicted molar refractivity (Wildman–Crippen MR) is 167 cm³/mol. The molecule has 1 saturated carbocycles. The van der Waals surface area contributed by atoms with E-state index in [0.29, 0.717) is 46.5 Å². The first-order valence-corrected chi connectivity index (χ1v) is 14.4. The molecule has 0 saturated heterocycles. The van der Waals surface area contributed by atoms with Gasteiger partial charge < -0.3 is 24.6 Å². The largest absolute Gasteiger partial charge is 0.493 e. The van der Waals surface area contributed by atoms with E-state index in [-0.39, 0.29) is 17.0 Å². The first-order chi connectivity index (χ1) is 21.9. The van der Waals surface area contributed by atoms with Crippen LogP contribution >= 0.6 is 0 Å². The van der Waals surface area contributed by atoms with Gasteiger partial charge in [0, 0.05) is 36.0 Å². The Morgan fingerprint density at radius 2 is 1.89 bits per heavy atom. The third-order valence-electron chi connectivity index (χ3n) is 7.19. The molecule has 3 N–H and O–H groups in total.